The molecule has 0 unspecified atom stereocenters. The molecule has 25 heavy (non-hydrogen) atoms. The van der Waals surface area contributed by atoms with Gasteiger partial charge in [0.1, 0.15) is 17.0 Å². The average molecular weight is 360 g/mol. The van der Waals surface area contributed by atoms with E-state index >= 15 is 0 Å². The summed E-state index contributed by atoms with van der Waals surface area (Å²) in [5.41, 5.74) is 1.19. The summed E-state index contributed by atoms with van der Waals surface area (Å²) < 4.78 is 0. The van der Waals surface area contributed by atoms with Crippen LogP contribution in [0, 0.1) is 19.8 Å². The van der Waals surface area contributed by atoms with Gasteiger partial charge in [-0.1, -0.05) is 0 Å². The fourth-order valence-corrected chi connectivity index (χ4v) is 4.56. The SMILES string of the molecule is Cc1sc2ncnc(N[C@H]3CC[C@H](C(=O)NC4CC4)C[C@@H]3O)c2c1C. The summed E-state index contributed by atoms with van der Waals surface area (Å²) >= 11 is 1.67. The topological polar surface area (TPSA) is 87.1 Å². The van der Waals surface area contributed by atoms with Crippen LogP contribution in [0.2, 0.25) is 0 Å². The number of thiophene rings is 1. The van der Waals surface area contributed by atoms with Crippen LogP contribution in [0.25, 0.3) is 10.2 Å². The van der Waals surface area contributed by atoms with E-state index in [0.717, 1.165) is 41.7 Å². The summed E-state index contributed by atoms with van der Waals surface area (Å²) in [6.07, 6.45) is 5.27. The molecular formula is C18H24N4O2S. The first kappa shape index (κ1) is 16.7. The van der Waals surface area contributed by atoms with Crippen LogP contribution >= 0.6 is 11.3 Å². The first-order chi connectivity index (χ1) is 12.0. The van der Waals surface area contributed by atoms with Crippen LogP contribution in [0.4, 0.5) is 5.82 Å². The summed E-state index contributed by atoms with van der Waals surface area (Å²) in [5, 5.41) is 18.1. The van der Waals surface area contributed by atoms with Crippen molar-refractivity contribution in [1.29, 1.82) is 0 Å². The van der Waals surface area contributed by atoms with Gasteiger partial charge < -0.3 is 15.7 Å². The number of hydrogen-bond acceptors (Lipinski definition) is 6. The molecule has 2 aromatic heterocycles. The van der Waals surface area contributed by atoms with Gasteiger partial charge in [-0.3, -0.25) is 4.79 Å². The number of carbonyl (C=O) groups is 1. The lowest BCUT2D eigenvalue weighted by Gasteiger charge is -2.33. The molecule has 134 valence electrons. The van der Waals surface area contributed by atoms with Gasteiger partial charge in [-0.15, -0.1) is 11.3 Å². The minimum atomic E-state index is -0.547. The van der Waals surface area contributed by atoms with Crippen LogP contribution in [0.15, 0.2) is 6.33 Å². The molecule has 2 saturated carbocycles. The maximum absolute atomic E-state index is 12.2. The summed E-state index contributed by atoms with van der Waals surface area (Å²) in [6.45, 7) is 4.17. The molecule has 4 rings (SSSR count). The van der Waals surface area contributed by atoms with Gasteiger partial charge in [-0.25, -0.2) is 9.97 Å². The number of rotatable bonds is 4. The second-order valence-corrected chi connectivity index (χ2v) is 8.50. The van der Waals surface area contributed by atoms with E-state index in [1.807, 2.05) is 0 Å². The van der Waals surface area contributed by atoms with Gasteiger partial charge >= 0.3 is 0 Å². The Morgan fingerprint density at radius 3 is 2.76 bits per heavy atom. The van der Waals surface area contributed by atoms with Crippen molar-refractivity contribution < 1.29 is 9.90 Å². The number of carbonyl (C=O) groups excluding carboxylic acids is 1. The number of nitrogens with one attached hydrogen (secondary N) is 2. The maximum atomic E-state index is 12.2. The molecule has 0 saturated heterocycles. The molecule has 6 nitrogen and oxygen atoms in total. The molecule has 3 N–H and O–H groups in total. The molecular weight excluding hydrogens is 336 g/mol. The van der Waals surface area contributed by atoms with E-state index in [4.69, 9.17) is 0 Å². The van der Waals surface area contributed by atoms with Gasteiger partial charge in [0, 0.05) is 16.8 Å². The third-order valence-corrected chi connectivity index (χ3v) is 6.51. The largest absolute Gasteiger partial charge is 0.391 e. The Morgan fingerprint density at radius 1 is 1.24 bits per heavy atom. The minimum absolute atomic E-state index is 0.0794. The number of amides is 1. The van der Waals surface area contributed by atoms with E-state index in [9.17, 15) is 9.90 Å². The Labute approximate surface area is 151 Å². The van der Waals surface area contributed by atoms with Crippen molar-refractivity contribution in [3.05, 3.63) is 16.8 Å². The van der Waals surface area contributed by atoms with E-state index in [-0.39, 0.29) is 17.9 Å². The van der Waals surface area contributed by atoms with Crippen LogP contribution in [0.5, 0.6) is 0 Å². The normalized spacial score (nSPS) is 26.6. The number of aliphatic hydroxyl groups is 1. The van der Waals surface area contributed by atoms with E-state index < -0.39 is 6.10 Å². The monoisotopic (exact) mass is 360 g/mol. The highest BCUT2D eigenvalue weighted by molar-refractivity contribution is 7.18. The Balaban J connectivity index is 1.46. The maximum Gasteiger partial charge on any atom is 0.223 e. The molecule has 7 heteroatoms. The van der Waals surface area contributed by atoms with Crippen LogP contribution in [0.3, 0.4) is 0 Å². The fraction of sp³-hybridized carbons (Fsp3) is 0.611. The molecule has 0 aliphatic heterocycles. The average Bonchev–Trinajstić information content (AvgIpc) is 3.35. The first-order valence-corrected chi connectivity index (χ1v) is 9.80. The standard InChI is InChI=1S/C18H24N4O2S/c1-9-10(2)25-18-15(9)16(19-8-20-18)22-13-6-3-11(7-14(13)23)17(24)21-12-4-5-12/h8,11-14,23H,3-7H2,1-2H3,(H,21,24)(H,19,20,22)/t11-,13-,14-/m0/s1. The van der Waals surface area contributed by atoms with E-state index in [0.29, 0.717) is 12.5 Å². The van der Waals surface area contributed by atoms with Crippen LogP contribution in [0.1, 0.15) is 42.5 Å². The molecule has 0 radical (unpaired) electrons. The van der Waals surface area contributed by atoms with Crippen LogP contribution in [-0.2, 0) is 4.79 Å². The van der Waals surface area contributed by atoms with Crippen molar-refractivity contribution in [1.82, 2.24) is 15.3 Å². The van der Waals surface area contributed by atoms with Gasteiger partial charge in [0.15, 0.2) is 0 Å². The lowest BCUT2D eigenvalue weighted by molar-refractivity contribution is -0.127. The van der Waals surface area contributed by atoms with Gasteiger partial charge in [0.25, 0.3) is 0 Å². The molecule has 2 fully saturated rings. The number of aliphatic hydroxyl groups excluding tert-OH is 1. The van der Waals surface area contributed by atoms with E-state index in [2.05, 4.69) is 34.4 Å². The number of nitrogens with zero attached hydrogens (tertiary/aromatic N) is 2. The molecule has 0 aromatic carbocycles. The van der Waals surface area contributed by atoms with Gasteiger partial charge in [0.05, 0.1) is 17.5 Å². The smallest absolute Gasteiger partial charge is 0.223 e. The van der Waals surface area contributed by atoms with Crippen molar-refractivity contribution >= 4 is 33.3 Å². The Bertz CT molecular complexity index is 802. The zero-order valence-electron chi connectivity index (χ0n) is 14.6. The predicted molar refractivity (Wildman–Crippen MR) is 98.8 cm³/mol. The third-order valence-electron chi connectivity index (χ3n) is 5.40. The molecule has 2 heterocycles. The summed E-state index contributed by atoms with van der Waals surface area (Å²) in [4.78, 5) is 23.2. The van der Waals surface area contributed by atoms with Crippen LogP contribution in [-0.4, -0.2) is 39.2 Å². The summed E-state index contributed by atoms with van der Waals surface area (Å²) in [5.74, 6) is 0.815. The molecule has 2 aromatic rings. The highest BCUT2D eigenvalue weighted by atomic mass is 32.1. The predicted octanol–water partition coefficient (Wildman–Crippen LogP) is 2.53. The van der Waals surface area contributed by atoms with E-state index in [1.54, 1.807) is 17.7 Å². The fourth-order valence-electron chi connectivity index (χ4n) is 3.57. The molecule has 1 amide bonds. The first-order valence-electron chi connectivity index (χ1n) is 8.98. The van der Waals surface area contributed by atoms with Gasteiger partial charge in [-0.05, 0) is 51.5 Å². The lowest BCUT2D eigenvalue weighted by atomic mass is 9.83. The quantitative estimate of drug-likeness (QED) is 0.780. The molecule has 0 bridgehead atoms. The number of aromatic nitrogens is 2. The second-order valence-electron chi connectivity index (χ2n) is 7.30. The summed E-state index contributed by atoms with van der Waals surface area (Å²) in [6, 6.07) is 0.294. The zero-order valence-corrected chi connectivity index (χ0v) is 15.4. The lowest BCUT2D eigenvalue weighted by Crippen LogP contribution is -2.44. The number of anilines is 1. The molecule has 3 atom stereocenters. The van der Waals surface area contributed by atoms with Crippen molar-refractivity contribution in [2.45, 2.75) is 64.1 Å². The number of fused-ring (bicyclic) bond motifs is 1. The van der Waals surface area contributed by atoms with Gasteiger partial charge in [0.2, 0.25) is 5.91 Å². The molecule has 0 spiro atoms. The highest BCUT2D eigenvalue weighted by Gasteiger charge is 2.35. The molecule has 2 aliphatic carbocycles. The third kappa shape index (κ3) is 3.35. The Morgan fingerprint density at radius 2 is 2.04 bits per heavy atom. The number of aryl methyl sites for hydroxylation is 2. The Kier molecular flexibility index (Phi) is 4.37. The van der Waals surface area contributed by atoms with Gasteiger partial charge in [-0.2, -0.15) is 0 Å². The van der Waals surface area contributed by atoms with Crippen molar-refractivity contribution in [3.8, 4) is 0 Å². The Hall–Kier alpha value is -1.73. The van der Waals surface area contributed by atoms with E-state index in [1.165, 1.54) is 10.4 Å². The van der Waals surface area contributed by atoms with Crippen molar-refractivity contribution in [2.24, 2.45) is 5.92 Å². The van der Waals surface area contributed by atoms with Crippen LogP contribution < -0.4 is 10.6 Å². The zero-order chi connectivity index (χ0) is 17.6. The molecule has 2 aliphatic rings. The minimum Gasteiger partial charge on any atom is -0.391 e. The second kappa shape index (κ2) is 6.53. The number of hydrogen-bond donors (Lipinski definition) is 3. The van der Waals surface area contributed by atoms with Crippen molar-refractivity contribution in [3.63, 3.8) is 0 Å². The summed E-state index contributed by atoms with van der Waals surface area (Å²) in [7, 11) is 0. The highest BCUT2D eigenvalue weighted by Crippen LogP contribution is 2.34. The van der Waals surface area contributed by atoms with Crippen molar-refractivity contribution in [2.75, 3.05) is 5.32 Å².